The van der Waals surface area contributed by atoms with E-state index < -0.39 is 34.6 Å². The minimum absolute atomic E-state index is 0.132. The van der Waals surface area contributed by atoms with E-state index in [1.165, 1.54) is 5.57 Å². The van der Waals surface area contributed by atoms with Crippen LogP contribution in [0.15, 0.2) is 23.9 Å². The fourth-order valence-corrected chi connectivity index (χ4v) is 13.6. The summed E-state index contributed by atoms with van der Waals surface area (Å²) in [5.74, 6) is 1.35. The summed E-state index contributed by atoms with van der Waals surface area (Å²) >= 11 is 0. The van der Waals surface area contributed by atoms with Crippen molar-refractivity contribution in [2.75, 3.05) is 12.0 Å². The van der Waals surface area contributed by atoms with E-state index in [9.17, 15) is 9.59 Å². The molecule has 1 unspecified atom stereocenters. The Morgan fingerprint density at radius 1 is 0.913 bits per heavy atom. The molecule has 0 spiro atoms. The van der Waals surface area contributed by atoms with Crippen LogP contribution < -0.4 is 14.1 Å². The summed E-state index contributed by atoms with van der Waals surface area (Å²) in [5, 5.41) is -0.132. The molecule has 4 rings (SSSR count). The molecule has 1 fully saturated rings. The molecule has 1 aromatic rings. The maximum absolute atomic E-state index is 14.6. The van der Waals surface area contributed by atoms with Gasteiger partial charge in [0.15, 0.2) is 20.3 Å². The number of ether oxygens (including phenoxy) is 2. The molecule has 0 saturated heterocycles. The van der Waals surface area contributed by atoms with E-state index in [2.05, 4.69) is 75.4 Å². The van der Waals surface area contributed by atoms with E-state index in [1.54, 1.807) is 18.1 Å². The number of anilines is 1. The molecule has 0 bridgehead atoms. The monoisotopic (exact) mass is 672 g/mol. The molecule has 1 aromatic carbocycles. The molecular formula is C36H60N2O6Si2. The predicted octanol–water partition coefficient (Wildman–Crippen LogP) is 9.86. The Morgan fingerprint density at radius 3 is 1.93 bits per heavy atom. The second-order valence-corrected chi connectivity index (χ2v) is 27.2. The summed E-state index contributed by atoms with van der Waals surface area (Å²) in [7, 11) is -3.30. The highest BCUT2D eigenvalue weighted by Crippen LogP contribution is 2.51. The average molecular weight is 673 g/mol. The molecule has 1 saturated carbocycles. The zero-order chi connectivity index (χ0) is 34.7. The molecule has 8 nitrogen and oxygen atoms in total. The van der Waals surface area contributed by atoms with Crippen LogP contribution in [0.5, 0.6) is 11.5 Å². The van der Waals surface area contributed by atoms with Gasteiger partial charge in [-0.25, -0.2) is 9.69 Å². The maximum atomic E-state index is 14.6. The third-order valence-corrected chi connectivity index (χ3v) is 21.0. The lowest BCUT2D eigenvalue weighted by Gasteiger charge is -2.45. The minimum Gasteiger partial charge on any atom is -0.540 e. The predicted molar refractivity (Wildman–Crippen MR) is 191 cm³/mol. The number of fused-ring (bicyclic) bond motifs is 2. The van der Waals surface area contributed by atoms with E-state index in [-0.39, 0.29) is 17.0 Å². The lowest BCUT2D eigenvalue weighted by molar-refractivity contribution is 0.0363. The molecule has 10 heteroatoms. The number of amides is 2. The number of carbonyl (C=O) groups excluding carboxylic acids is 2. The zero-order valence-corrected chi connectivity index (χ0v) is 33.2. The number of nitrogens with zero attached hydrogens (tertiary/aromatic N) is 2. The van der Waals surface area contributed by atoms with E-state index >= 15 is 0 Å². The zero-order valence-electron chi connectivity index (χ0n) is 31.2. The van der Waals surface area contributed by atoms with Gasteiger partial charge in [-0.3, -0.25) is 4.79 Å². The van der Waals surface area contributed by atoms with Crippen LogP contribution in [-0.4, -0.2) is 58.5 Å². The summed E-state index contributed by atoms with van der Waals surface area (Å²) in [4.78, 5) is 32.6. The number of methoxy groups -OCH3 is 1. The third kappa shape index (κ3) is 6.81. The molecule has 2 aliphatic heterocycles. The number of benzene rings is 1. The second kappa shape index (κ2) is 12.6. The van der Waals surface area contributed by atoms with Gasteiger partial charge in [0.2, 0.25) is 0 Å². The van der Waals surface area contributed by atoms with Gasteiger partial charge < -0.3 is 23.2 Å². The molecule has 3 aliphatic rings. The van der Waals surface area contributed by atoms with Crippen molar-refractivity contribution in [2.45, 2.75) is 155 Å². The highest BCUT2D eigenvalue weighted by molar-refractivity contribution is 6.78. The van der Waals surface area contributed by atoms with Crippen LogP contribution in [0.2, 0.25) is 34.8 Å². The number of hydrogen-bond acceptors (Lipinski definition) is 6. The molecule has 0 aromatic heterocycles. The van der Waals surface area contributed by atoms with Gasteiger partial charge in [0.25, 0.3) is 14.2 Å². The van der Waals surface area contributed by atoms with Gasteiger partial charge in [-0.15, -0.1) is 0 Å². The quantitative estimate of drug-likeness (QED) is 0.243. The molecule has 2 atom stereocenters. The van der Waals surface area contributed by atoms with Crippen LogP contribution in [0.4, 0.5) is 10.5 Å². The normalized spacial score (nSPS) is 21.0. The van der Waals surface area contributed by atoms with Crippen molar-refractivity contribution in [1.82, 2.24) is 4.90 Å². The van der Waals surface area contributed by atoms with Gasteiger partial charge in [-0.1, -0.05) is 62.3 Å². The number of carbonyl (C=O) groups is 2. The van der Waals surface area contributed by atoms with Crippen molar-refractivity contribution < 1.29 is 27.9 Å². The Labute approximate surface area is 280 Å². The van der Waals surface area contributed by atoms with Gasteiger partial charge >= 0.3 is 6.09 Å². The first-order valence-corrected chi connectivity index (χ1v) is 22.2. The first-order chi connectivity index (χ1) is 21.1. The summed E-state index contributed by atoms with van der Waals surface area (Å²) in [6.07, 6.45) is 3.65. The van der Waals surface area contributed by atoms with Gasteiger partial charge in [-0.05, 0) is 92.3 Å². The molecule has 0 N–H and O–H groups in total. The largest absolute Gasteiger partial charge is 0.540 e. The molecule has 2 amide bonds. The minimum atomic E-state index is -2.47. The van der Waals surface area contributed by atoms with Gasteiger partial charge in [0, 0.05) is 12.3 Å². The van der Waals surface area contributed by atoms with Crippen molar-refractivity contribution in [3.8, 4) is 11.5 Å². The number of hydrogen-bond donors (Lipinski definition) is 0. The summed E-state index contributed by atoms with van der Waals surface area (Å²) in [5.41, 5.74) is 2.24. The first kappa shape index (κ1) is 36.5. The molecule has 0 radical (unpaired) electrons. The molecule has 1 aliphatic carbocycles. The van der Waals surface area contributed by atoms with Crippen LogP contribution in [0.25, 0.3) is 0 Å². The van der Waals surface area contributed by atoms with Crippen molar-refractivity contribution in [1.29, 1.82) is 0 Å². The topological polar surface area (TPSA) is 77.5 Å². The van der Waals surface area contributed by atoms with Crippen LogP contribution in [0, 0.1) is 5.92 Å². The maximum Gasteiger partial charge on any atom is 0.417 e. The van der Waals surface area contributed by atoms with Crippen LogP contribution >= 0.6 is 0 Å². The van der Waals surface area contributed by atoms with Crippen LogP contribution in [0.3, 0.4) is 0 Å². The number of rotatable bonds is 9. The highest BCUT2D eigenvalue weighted by Gasteiger charge is 2.53. The van der Waals surface area contributed by atoms with E-state index in [0.717, 1.165) is 12.8 Å². The molecule has 46 heavy (non-hydrogen) atoms. The van der Waals surface area contributed by atoms with Crippen molar-refractivity contribution >= 4 is 34.3 Å². The van der Waals surface area contributed by atoms with Crippen molar-refractivity contribution in [3.05, 3.63) is 29.5 Å². The average Bonchev–Trinajstić information content (AvgIpc) is 3.67. The SMILES string of the molecule is COc1cc2c(cc1O[Si](C(C)C)(C(C)C)C(C)C)N(C(=O)OC(C)(C)C)[C@@H](O[Si](C)(C)C(C)(C)C)C1CC(C3CC3)=CN1C2=O. The molecule has 2 heterocycles. The molecule has 258 valence electrons. The fraction of sp³-hybridized carbons (Fsp3) is 0.722. The Morgan fingerprint density at radius 2 is 1.48 bits per heavy atom. The third-order valence-electron chi connectivity index (χ3n) is 10.6. The lowest BCUT2D eigenvalue weighted by Crippen LogP contribution is -2.58. The lowest BCUT2D eigenvalue weighted by atomic mass is 10.0. The standard InChI is InChI=1S/C36H60N2O6Si2/c1-22(2)46(23(3)4,24(5)6)43-31-20-28-27(19-30(31)41-13)32(39)37-21-26(25-16-17-25)18-29(37)33(44-45(14,15)36(10,11)12)38(28)34(40)42-35(7,8)9/h19-25,29,33H,16-18H2,1-15H3/t29?,33-/m0/s1. The van der Waals surface area contributed by atoms with Crippen LogP contribution in [0.1, 0.15) is 113 Å². The van der Waals surface area contributed by atoms with Gasteiger partial charge in [-0.2, -0.15) is 0 Å². The van der Waals surface area contributed by atoms with E-state index in [1.807, 2.05) is 37.9 Å². The first-order valence-electron chi connectivity index (χ1n) is 17.2. The summed E-state index contributed by atoms with van der Waals surface area (Å²) in [6, 6.07) is 3.22. The van der Waals surface area contributed by atoms with Crippen LogP contribution in [-0.2, 0) is 9.16 Å². The Kier molecular flexibility index (Phi) is 10.0. The fourth-order valence-electron chi connectivity index (χ4n) is 7.12. The van der Waals surface area contributed by atoms with E-state index in [0.29, 0.717) is 51.7 Å². The smallest absolute Gasteiger partial charge is 0.417 e. The van der Waals surface area contributed by atoms with Gasteiger partial charge in [0.1, 0.15) is 11.4 Å². The summed E-state index contributed by atoms with van der Waals surface area (Å²) in [6.45, 7) is 30.0. The Hall–Kier alpha value is -2.31. The van der Waals surface area contributed by atoms with Crippen molar-refractivity contribution in [2.24, 2.45) is 5.92 Å². The van der Waals surface area contributed by atoms with Crippen molar-refractivity contribution in [3.63, 3.8) is 0 Å². The summed E-state index contributed by atoms with van der Waals surface area (Å²) < 4.78 is 26.5. The second-order valence-electron chi connectivity index (χ2n) is 17.0. The van der Waals surface area contributed by atoms with Gasteiger partial charge in [0.05, 0.1) is 24.4 Å². The Balaban J connectivity index is 2.01. The highest BCUT2D eigenvalue weighted by atomic mass is 28.4. The Bertz CT molecular complexity index is 1330. The van der Waals surface area contributed by atoms with E-state index in [4.69, 9.17) is 18.3 Å². The molecular weight excluding hydrogens is 613 g/mol.